The van der Waals surface area contributed by atoms with Gasteiger partial charge in [-0.2, -0.15) is 0 Å². The summed E-state index contributed by atoms with van der Waals surface area (Å²) in [4.78, 5) is 2.40. The predicted molar refractivity (Wildman–Crippen MR) is 88.5 cm³/mol. The number of rotatable bonds is 7. The van der Waals surface area contributed by atoms with E-state index in [0.29, 0.717) is 0 Å². The summed E-state index contributed by atoms with van der Waals surface area (Å²) in [7, 11) is 2.22. The van der Waals surface area contributed by atoms with Crippen molar-refractivity contribution in [2.45, 2.75) is 52.0 Å². The van der Waals surface area contributed by atoms with Crippen LogP contribution in [0.3, 0.4) is 0 Å². The van der Waals surface area contributed by atoms with Crippen molar-refractivity contribution in [2.24, 2.45) is 5.92 Å². The predicted octanol–water partition coefficient (Wildman–Crippen LogP) is 3.85. The van der Waals surface area contributed by atoms with E-state index in [4.69, 9.17) is 0 Å². The fraction of sp³-hybridized carbons (Fsp3) is 0.667. The van der Waals surface area contributed by atoms with E-state index in [1.54, 1.807) is 0 Å². The Morgan fingerprint density at radius 1 is 1.15 bits per heavy atom. The fourth-order valence-corrected chi connectivity index (χ4v) is 3.39. The van der Waals surface area contributed by atoms with Crippen molar-refractivity contribution in [3.8, 4) is 0 Å². The number of anilines is 1. The first-order valence-corrected chi connectivity index (χ1v) is 8.28. The highest BCUT2D eigenvalue weighted by Crippen LogP contribution is 2.29. The molecule has 2 nitrogen and oxygen atoms in total. The third-order valence-corrected chi connectivity index (χ3v) is 4.75. The molecule has 0 bridgehead atoms. The van der Waals surface area contributed by atoms with Gasteiger partial charge in [0.1, 0.15) is 0 Å². The smallest absolute Gasteiger partial charge is 0.0363 e. The Morgan fingerprint density at radius 2 is 1.90 bits per heavy atom. The molecule has 20 heavy (non-hydrogen) atoms. The molecule has 0 saturated heterocycles. The van der Waals surface area contributed by atoms with Crippen LogP contribution in [-0.2, 0) is 6.42 Å². The molecule has 112 valence electrons. The minimum atomic E-state index is 0.760. The highest BCUT2D eigenvalue weighted by molar-refractivity contribution is 5.46. The van der Waals surface area contributed by atoms with Crippen LogP contribution in [0.5, 0.6) is 0 Å². The van der Waals surface area contributed by atoms with Crippen LogP contribution in [0.2, 0.25) is 0 Å². The Morgan fingerprint density at radius 3 is 2.55 bits per heavy atom. The minimum absolute atomic E-state index is 0.760. The van der Waals surface area contributed by atoms with Gasteiger partial charge >= 0.3 is 0 Å². The summed E-state index contributed by atoms with van der Waals surface area (Å²) in [6.07, 6.45) is 6.60. The number of nitrogens with zero attached hydrogens (tertiary/aromatic N) is 1. The molecule has 0 aliphatic heterocycles. The van der Waals surface area contributed by atoms with E-state index in [0.717, 1.165) is 31.5 Å². The molecule has 1 aromatic rings. The molecule has 1 aliphatic carbocycles. The number of hydrogen-bond donors (Lipinski definition) is 1. The molecule has 0 radical (unpaired) electrons. The first kappa shape index (κ1) is 15.4. The standard InChI is InChI=1S/C18H30N2/c1-4-15-9-11-17(12-10-15)20(3)14-13-16-7-6-8-18(16)19-5-2/h9-12,16,18-19H,4-8,13-14H2,1-3H3. The summed E-state index contributed by atoms with van der Waals surface area (Å²) in [5.41, 5.74) is 2.77. The molecule has 0 heterocycles. The van der Waals surface area contributed by atoms with Gasteiger partial charge < -0.3 is 10.2 Å². The summed E-state index contributed by atoms with van der Waals surface area (Å²) in [6.45, 7) is 6.70. The van der Waals surface area contributed by atoms with Crippen LogP contribution in [0.25, 0.3) is 0 Å². The van der Waals surface area contributed by atoms with Gasteiger partial charge in [-0.15, -0.1) is 0 Å². The number of nitrogens with one attached hydrogen (secondary N) is 1. The summed E-state index contributed by atoms with van der Waals surface area (Å²) in [5.74, 6) is 0.868. The van der Waals surface area contributed by atoms with Crippen LogP contribution in [0.1, 0.15) is 45.1 Å². The van der Waals surface area contributed by atoms with E-state index >= 15 is 0 Å². The molecule has 1 aliphatic rings. The average Bonchev–Trinajstić information content (AvgIpc) is 2.92. The molecular weight excluding hydrogens is 244 g/mol. The van der Waals surface area contributed by atoms with Crippen molar-refractivity contribution in [3.05, 3.63) is 29.8 Å². The second-order valence-electron chi connectivity index (χ2n) is 6.09. The van der Waals surface area contributed by atoms with Gasteiger partial charge in [-0.3, -0.25) is 0 Å². The maximum atomic E-state index is 3.65. The molecule has 0 aromatic heterocycles. The Kier molecular flexibility index (Phi) is 5.90. The Hall–Kier alpha value is -1.02. The highest BCUT2D eigenvalue weighted by Gasteiger charge is 2.26. The molecule has 1 aromatic carbocycles. The minimum Gasteiger partial charge on any atom is -0.375 e. The molecule has 1 saturated carbocycles. The topological polar surface area (TPSA) is 15.3 Å². The molecule has 2 atom stereocenters. The lowest BCUT2D eigenvalue weighted by atomic mass is 9.99. The average molecular weight is 274 g/mol. The zero-order chi connectivity index (χ0) is 14.4. The number of benzene rings is 1. The van der Waals surface area contributed by atoms with Crippen molar-refractivity contribution >= 4 is 5.69 Å². The third-order valence-electron chi connectivity index (χ3n) is 4.75. The molecule has 0 amide bonds. The fourth-order valence-electron chi connectivity index (χ4n) is 3.39. The molecule has 0 spiro atoms. The van der Waals surface area contributed by atoms with Crippen LogP contribution in [0.15, 0.2) is 24.3 Å². The van der Waals surface area contributed by atoms with E-state index in [9.17, 15) is 0 Å². The lowest BCUT2D eigenvalue weighted by Gasteiger charge is -2.25. The molecule has 2 unspecified atom stereocenters. The van der Waals surface area contributed by atoms with Gasteiger partial charge in [-0.05, 0) is 55.8 Å². The van der Waals surface area contributed by atoms with E-state index in [2.05, 4.69) is 55.4 Å². The zero-order valence-electron chi connectivity index (χ0n) is 13.4. The molecule has 1 fully saturated rings. The van der Waals surface area contributed by atoms with Crippen LogP contribution in [0, 0.1) is 5.92 Å². The number of hydrogen-bond acceptors (Lipinski definition) is 2. The third kappa shape index (κ3) is 3.99. The molecule has 1 N–H and O–H groups in total. The van der Waals surface area contributed by atoms with Gasteiger partial charge in [-0.1, -0.05) is 32.4 Å². The van der Waals surface area contributed by atoms with Gasteiger partial charge in [0.05, 0.1) is 0 Å². The first-order chi connectivity index (χ1) is 9.74. The maximum Gasteiger partial charge on any atom is 0.0363 e. The second kappa shape index (κ2) is 7.68. The summed E-state index contributed by atoms with van der Waals surface area (Å²) >= 11 is 0. The molecule has 2 rings (SSSR count). The van der Waals surface area contributed by atoms with Crippen molar-refractivity contribution in [1.29, 1.82) is 0 Å². The van der Waals surface area contributed by atoms with Crippen molar-refractivity contribution in [3.63, 3.8) is 0 Å². The second-order valence-corrected chi connectivity index (χ2v) is 6.09. The van der Waals surface area contributed by atoms with E-state index in [1.165, 1.54) is 36.9 Å². The van der Waals surface area contributed by atoms with Crippen LogP contribution < -0.4 is 10.2 Å². The Bertz CT molecular complexity index is 385. The van der Waals surface area contributed by atoms with Crippen molar-refractivity contribution in [1.82, 2.24) is 5.32 Å². The lowest BCUT2D eigenvalue weighted by Crippen LogP contribution is -2.34. The van der Waals surface area contributed by atoms with E-state index in [-0.39, 0.29) is 0 Å². The largest absolute Gasteiger partial charge is 0.375 e. The summed E-state index contributed by atoms with van der Waals surface area (Å²) in [5, 5.41) is 3.65. The van der Waals surface area contributed by atoms with Crippen LogP contribution >= 0.6 is 0 Å². The normalized spacial score (nSPS) is 22.1. The van der Waals surface area contributed by atoms with Gasteiger partial charge in [-0.25, -0.2) is 0 Å². The van der Waals surface area contributed by atoms with E-state index < -0.39 is 0 Å². The van der Waals surface area contributed by atoms with Crippen molar-refractivity contribution in [2.75, 3.05) is 25.0 Å². The van der Waals surface area contributed by atoms with Crippen molar-refractivity contribution < 1.29 is 0 Å². The summed E-state index contributed by atoms with van der Waals surface area (Å²) < 4.78 is 0. The monoisotopic (exact) mass is 274 g/mol. The number of aryl methyl sites for hydroxylation is 1. The van der Waals surface area contributed by atoms with Crippen LogP contribution in [0.4, 0.5) is 5.69 Å². The van der Waals surface area contributed by atoms with Gasteiger partial charge in [0, 0.05) is 25.3 Å². The Labute approximate surface area is 124 Å². The lowest BCUT2D eigenvalue weighted by molar-refractivity contribution is 0.388. The summed E-state index contributed by atoms with van der Waals surface area (Å²) in [6, 6.07) is 9.78. The van der Waals surface area contributed by atoms with Gasteiger partial charge in [0.15, 0.2) is 0 Å². The van der Waals surface area contributed by atoms with E-state index in [1.807, 2.05) is 0 Å². The quantitative estimate of drug-likeness (QED) is 0.812. The Balaban J connectivity index is 1.83. The SMILES string of the molecule is CCNC1CCCC1CCN(C)c1ccc(CC)cc1. The first-order valence-electron chi connectivity index (χ1n) is 8.28. The van der Waals surface area contributed by atoms with Gasteiger partial charge in [0.25, 0.3) is 0 Å². The molecule has 2 heteroatoms. The maximum absolute atomic E-state index is 3.65. The van der Waals surface area contributed by atoms with Crippen LogP contribution in [-0.4, -0.2) is 26.2 Å². The molecular formula is C18H30N2. The highest BCUT2D eigenvalue weighted by atomic mass is 15.1. The van der Waals surface area contributed by atoms with Gasteiger partial charge in [0.2, 0.25) is 0 Å². The zero-order valence-corrected chi connectivity index (χ0v) is 13.4.